The van der Waals surface area contributed by atoms with Crippen molar-refractivity contribution in [1.82, 2.24) is 4.90 Å². The first-order valence-corrected chi connectivity index (χ1v) is 5.87. The third-order valence-corrected chi connectivity index (χ3v) is 3.05. The molecule has 2 aliphatic heterocycles. The molecule has 0 aromatic rings. The first kappa shape index (κ1) is 11.8. The molecule has 16 heavy (non-hydrogen) atoms. The fraction of sp³-hybridized carbons (Fsp3) is 0.909. The highest BCUT2D eigenvalue weighted by Crippen LogP contribution is 2.18. The summed E-state index contributed by atoms with van der Waals surface area (Å²) >= 11 is 0. The van der Waals surface area contributed by atoms with Crippen molar-refractivity contribution in [1.29, 1.82) is 0 Å². The average Bonchev–Trinajstić information content (AvgIpc) is 2.80. The van der Waals surface area contributed by atoms with Crippen LogP contribution in [0.25, 0.3) is 0 Å². The lowest BCUT2D eigenvalue weighted by molar-refractivity contribution is -0.155. The number of aliphatic hydroxyl groups is 1. The van der Waals surface area contributed by atoms with E-state index in [1.807, 2.05) is 6.92 Å². The molecule has 0 aliphatic carbocycles. The Morgan fingerprint density at radius 1 is 1.50 bits per heavy atom. The summed E-state index contributed by atoms with van der Waals surface area (Å²) in [6, 6.07) is 0. The molecule has 2 rings (SSSR count). The van der Waals surface area contributed by atoms with E-state index in [0.717, 1.165) is 12.8 Å². The lowest BCUT2D eigenvalue weighted by Gasteiger charge is -2.37. The summed E-state index contributed by atoms with van der Waals surface area (Å²) in [4.78, 5) is 13.8. The van der Waals surface area contributed by atoms with Gasteiger partial charge < -0.3 is 19.5 Å². The van der Waals surface area contributed by atoms with E-state index in [9.17, 15) is 4.79 Å². The van der Waals surface area contributed by atoms with Crippen LogP contribution in [0.4, 0.5) is 0 Å². The number of amides is 1. The largest absolute Gasteiger partial charge is 0.394 e. The first-order valence-electron chi connectivity index (χ1n) is 5.87. The molecule has 5 heteroatoms. The van der Waals surface area contributed by atoms with E-state index in [4.69, 9.17) is 14.6 Å². The third kappa shape index (κ3) is 2.53. The second kappa shape index (κ2) is 5.12. The minimum absolute atomic E-state index is 0.0174. The molecule has 2 saturated heterocycles. The molecule has 0 radical (unpaired) electrons. The fourth-order valence-electron chi connectivity index (χ4n) is 2.30. The van der Waals surface area contributed by atoms with Crippen LogP contribution in [0.15, 0.2) is 0 Å². The van der Waals surface area contributed by atoms with Gasteiger partial charge in [0.05, 0.1) is 18.8 Å². The molecule has 2 aliphatic rings. The third-order valence-electron chi connectivity index (χ3n) is 3.05. The fourth-order valence-corrected chi connectivity index (χ4v) is 2.30. The van der Waals surface area contributed by atoms with Crippen LogP contribution in [0, 0.1) is 0 Å². The van der Waals surface area contributed by atoms with Crippen molar-refractivity contribution in [2.24, 2.45) is 0 Å². The van der Waals surface area contributed by atoms with Crippen LogP contribution in [-0.2, 0) is 14.3 Å². The van der Waals surface area contributed by atoms with Crippen molar-refractivity contribution in [3.8, 4) is 0 Å². The zero-order chi connectivity index (χ0) is 11.5. The number of hydrogen-bond donors (Lipinski definition) is 1. The summed E-state index contributed by atoms with van der Waals surface area (Å²) in [5.74, 6) is 0.0473. The lowest BCUT2D eigenvalue weighted by Crippen LogP contribution is -2.52. The van der Waals surface area contributed by atoms with Gasteiger partial charge in [-0.15, -0.1) is 0 Å². The summed E-state index contributed by atoms with van der Waals surface area (Å²) in [7, 11) is 0. The zero-order valence-corrected chi connectivity index (χ0v) is 9.59. The lowest BCUT2D eigenvalue weighted by atomic mass is 10.1. The number of aliphatic hydroxyl groups excluding tert-OH is 1. The van der Waals surface area contributed by atoms with Gasteiger partial charge in [-0.25, -0.2) is 0 Å². The summed E-state index contributed by atoms with van der Waals surface area (Å²) in [6.07, 6.45) is 1.23. The smallest absolute Gasteiger partial charge is 0.251 e. The molecular formula is C11H19NO4. The SMILES string of the molecule is CC1CN(C(=O)[C@@H]2CCCO2)CC(CO)O1. The van der Waals surface area contributed by atoms with Crippen molar-refractivity contribution in [3.63, 3.8) is 0 Å². The van der Waals surface area contributed by atoms with Gasteiger partial charge in [0.15, 0.2) is 0 Å². The number of carbonyl (C=O) groups is 1. The Balaban J connectivity index is 1.94. The van der Waals surface area contributed by atoms with E-state index in [2.05, 4.69) is 0 Å². The van der Waals surface area contributed by atoms with Gasteiger partial charge in [0, 0.05) is 19.7 Å². The highest BCUT2D eigenvalue weighted by molar-refractivity contribution is 5.81. The maximum Gasteiger partial charge on any atom is 0.251 e. The standard InChI is InChI=1S/C11H19NO4/c1-8-5-12(6-9(7-13)16-8)11(14)10-3-2-4-15-10/h8-10,13H,2-7H2,1H3/t8?,9?,10-/m0/s1. The van der Waals surface area contributed by atoms with Gasteiger partial charge in [0.25, 0.3) is 5.91 Å². The highest BCUT2D eigenvalue weighted by atomic mass is 16.5. The predicted molar refractivity (Wildman–Crippen MR) is 57.0 cm³/mol. The normalized spacial score (nSPS) is 35.4. The molecule has 2 fully saturated rings. The van der Waals surface area contributed by atoms with Crippen molar-refractivity contribution in [2.75, 3.05) is 26.3 Å². The first-order chi connectivity index (χ1) is 7.70. The summed E-state index contributed by atoms with van der Waals surface area (Å²) in [6.45, 7) is 3.62. The minimum atomic E-state index is -0.273. The molecule has 2 heterocycles. The van der Waals surface area contributed by atoms with Crippen LogP contribution in [0.3, 0.4) is 0 Å². The number of ether oxygens (including phenoxy) is 2. The predicted octanol–water partition coefficient (Wildman–Crippen LogP) is -0.226. The Bertz CT molecular complexity index is 252. The molecule has 0 saturated carbocycles. The Labute approximate surface area is 95.3 Å². The quantitative estimate of drug-likeness (QED) is 0.711. The van der Waals surface area contributed by atoms with Crippen LogP contribution in [-0.4, -0.2) is 60.5 Å². The van der Waals surface area contributed by atoms with E-state index < -0.39 is 0 Å². The maximum atomic E-state index is 12.1. The van der Waals surface area contributed by atoms with E-state index >= 15 is 0 Å². The minimum Gasteiger partial charge on any atom is -0.394 e. The summed E-state index contributed by atoms with van der Waals surface area (Å²) in [5, 5.41) is 9.08. The number of hydrogen-bond acceptors (Lipinski definition) is 4. The van der Waals surface area contributed by atoms with Crippen LogP contribution in [0.2, 0.25) is 0 Å². The number of morpholine rings is 1. The van der Waals surface area contributed by atoms with E-state index in [1.165, 1.54) is 0 Å². The summed E-state index contributed by atoms with van der Waals surface area (Å²) < 4.78 is 10.9. The second-order valence-electron chi connectivity index (χ2n) is 4.50. The van der Waals surface area contributed by atoms with E-state index in [-0.39, 0.29) is 30.8 Å². The molecule has 0 spiro atoms. The van der Waals surface area contributed by atoms with Gasteiger partial charge in [0.1, 0.15) is 6.10 Å². The molecule has 3 atom stereocenters. The molecule has 92 valence electrons. The molecule has 1 amide bonds. The average molecular weight is 229 g/mol. The topological polar surface area (TPSA) is 59.0 Å². The van der Waals surface area contributed by atoms with Crippen LogP contribution < -0.4 is 0 Å². The Hall–Kier alpha value is -0.650. The molecule has 0 aromatic heterocycles. The van der Waals surface area contributed by atoms with Crippen molar-refractivity contribution < 1.29 is 19.4 Å². The van der Waals surface area contributed by atoms with Crippen LogP contribution in [0.1, 0.15) is 19.8 Å². The Morgan fingerprint density at radius 3 is 2.94 bits per heavy atom. The van der Waals surface area contributed by atoms with Crippen molar-refractivity contribution in [2.45, 2.75) is 38.1 Å². The van der Waals surface area contributed by atoms with Gasteiger partial charge in [-0.2, -0.15) is 0 Å². The van der Waals surface area contributed by atoms with Gasteiger partial charge in [-0.1, -0.05) is 0 Å². The number of rotatable bonds is 2. The molecule has 0 aromatic carbocycles. The number of carbonyl (C=O) groups excluding carboxylic acids is 1. The number of nitrogens with zero attached hydrogens (tertiary/aromatic N) is 1. The molecule has 1 N–H and O–H groups in total. The highest BCUT2D eigenvalue weighted by Gasteiger charge is 2.33. The van der Waals surface area contributed by atoms with Crippen molar-refractivity contribution in [3.05, 3.63) is 0 Å². The van der Waals surface area contributed by atoms with Crippen molar-refractivity contribution >= 4 is 5.91 Å². The van der Waals surface area contributed by atoms with Crippen LogP contribution >= 0.6 is 0 Å². The molecule has 0 bridgehead atoms. The van der Waals surface area contributed by atoms with E-state index in [0.29, 0.717) is 19.7 Å². The molecule has 2 unspecified atom stereocenters. The second-order valence-corrected chi connectivity index (χ2v) is 4.50. The monoisotopic (exact) mass is 229 g/mol. The van der Waals surface area contributed by atoms with Gasteiger partial charge in [0.2, 0.25) is 0 Å². The summed E-state index contributed by atoms with van der Waals surface area (Å²) in [5.41, 5.74) is 0. The van der Waals surface area contributed by atoms with Gasteiger partial charge in [-0.05, 0) is 19.8 Å². The zero-order valence-electron chi connectivity index (χ0n) is 9.59. The van der Waals surface area contributed by atoms with E-state index in [1.54, 1.807) is 4.90 Å². The maximum absolute atomic E-state index is 12.1. The molecule has 5 nitrogen and oxygen atoms in total. The van der Waals surface area contributed by atoms with Crippen LogP contribution in [0.5, 0.6) is 0 Å². The van der Waals surface area contributed by atoms with Gasteiger partial charge >= 0.3 is 0 Å². The van der Waals surface area contributed by atoms with Gasteiger partial charge in [-0.3, -0.25) is 4.79 Å². The Kier molecular flexibility index (Phi) is 3.78. The Morgan fingerprint density at radius 2 is 2.31 bits per heavy atom. The molecular weight excluding hydrogens is 210 g/mol.